The second kappa shape index (κ2) is 11.3. The van der Waals surface area contributed by atoms with E-state index in [0.29, 0.717) is 0 Å². The van der Waals surface area contributed by atoms with E-state index >= 15 is 0 Å². The minimum atomic E-state index is -3.19. The largest absolute Gasteiger partial charge is 0.417 e. The molecule has 0 unspecified atom stereocenters. The Morgan fingerprint density at radius 3 is 1.88 bits per heavy atom. The summed E-state index contributed by atoms with van der Waals surface area (Å²) in [5, 5.41) is 2.90. The Morgan fingerprint density at radius 2 is 1.42 bits per heavy atom. The van der Waals surface area contributed by atoms with E-state index in [4.69, 9.17) is 4.43 Å². The first-order chi connectivity index (χ1) is 11.0. The quantitative estimate of drug-likeness (QED) is 0.302. The first-order valence-corrected chi connectivity index (χ1v) is 13.8. The summed E-state index contributed by atoms with van der Waals surface area (Å²) >= 11 is 0. The molecule has 0 saturated carbocycles. The number of unbranched alkanes of at least 4 members (excludes halogenated alkanes) is 5. The fraction of sp³-hybridized carbons (Fsp3) is 0.789. The summed E-state index contributed by atoms with van der Waals surface area (Å²) in [4.78, 5) is 0. The summed E-state index contributed by atoms with van der Waals surface area (Å²) in [5.74, 6) is 0. The average Bonchev–Trinajstić information content (AvgIpc) is 2.44. The highest BCUT2D eigenvalue weighted by Gasteiger charge is 2.36. The predicted molar refractivity (Wildman–Crippen MR) is 108 cm³/mol. The molecule has 0 rings (SSSR count). The van der Waals surface area contributed by atoms with Gasteiger partial charge in [-0.1, -0.05) is 52.7 Å². The predicted octanol–water partition coefficient (Wildman–Crippen LogP) is 6.20. The van der Waals surface area contributed by atoms with Crippen LogP contribution in [0.15, 0.2) is 23.0 Å². The maximum atomic E-state index is 11.8. The third-order valence-electron chi connectivity index (χ3n) is 4.58. The molecule has 0 aromatic carbocycles. The van der Waals surface area contributed by atoms with Crippen molar-refractivity contribution in [1.29, 1.82) is 0 Å². The van der Waals surface area contributed by atoms with Crippen molar-refractivity contribution >= 4 is 18.2 Å². The number of hydrogen-bond acceptors (Lipinski definition) is 3. The molecule has 0 aliphatic rings. The molecule has 0 aromatic rings. The lowest BCUT2D eigenvalue weighted by molar-refractivity contribution is 0.279. The van der Waals surface area contributed by atoms with Gasteiger partial charge in [0.05, 0.1) is 0 Å². The van der Waals surface area contributed by atoms with Crippen LogP contribution in [0.3, 0.4) is 0 Å². The van der Waals surface area contributed by atoms with E-state index in [-0.39, 0.29) is 5.04 Å². The lowest BCUT2D eigenvalue weighted by atomic mass is 10.2. The Balaban J connectivity index is 3.96. The smallest absolute Gasteiger partial charge is 0.192 e. The molecular weight excluding hydrogens is 336 g/mol. The van der Waals surface area contributed by atoms with Crippen molar-refractivity contribution in [2.75, 3.05) is 6.61 Å². The van der Waals surface area contributed by atoms with Crippen LogP contribution in [-0.2, 0) is 14.3 Å². The SMILES string of the molecule is CCCCC/C=C/S(=O)(=O)/C=C/CCCCO[Si](C)(C)C(C)(C)C. The molecular formula is C19H38O3SSi. The molecule has 0 aliphatic carbocycles. The van der Waals surface area contributed by atoms with Crippen LogP contribution >= 0.6 is 0 Å². The van der Waals surface area contributed by atoms with Crippen molar-refractivity contribution in [3.63, 3.8) is 0 Å². The molecule has 0 bridgehead atoms. The summed E-state index contributed by atoms with van der Waals surface area (Å²) in [7, 11) is -4.84. The van der Waals surface area contributed by atoms with Crippen LogP contribution in [0.4, 0.5) is 0 Å². The van der Waals surface area contributed by atoms with Gasteiger partial charge < -0.3 is 4.43 Å². The van der Waals surface area contributed by atoms with Gasteiger partial charge >= 0.3 is 0 Å². The van der Waals surface area contributed by atoms with Crippen LogP contribution in [0.1, 0.15) is 72.6 Å². The third-order valence-corrected chi connectivity index (χ3v) is 10.3. The normalized spacial score (nSPS) is 14.1. The van der Waals surface area contributed by atoms with Crippen LogP contribution < -0.4 is 0 Å². The molecule has 0 saturated heterocycles. The fourth-order valence-corrected chi connectivity index (χ4v) is 3.86. The van der Waals surface area contributed by atoms with Gasteiger partial charge in [-0.05, 0) is 50.2 Å². The van der Waals surface area contributed by atoms with Crippen molar-refractivity contribution in [1.82, 2.24) is 0 Å². The van der Waals surface area contributed by atoms with Crippen LogP contribution in [-0.4, -0.2) is 23.3 Å². The van der Waals surface area contributed by atoms with Crippen LogP contribution in [0.5, 0.6) is 0 Å². The molecule has 24 heavy (non-hydrogen) atoms. The summed E-state index contributed by atoms with van der Waals surface area (Å²) in [5.41, 5.74) is 0. The number of rotatable bonds is 12. The Hall–Kier alpha value is -0.393. The van der Waals surface area contributed by atoms with Gasteiger partial charge in [0.15, 0.2) is 18.2 Å². The van der Waals surface area contributed by atoms with Crippen molar-refractivity contribution in [2.45, 2.75) is 90.8 Å². The van der Waals surface area contributed by atoms with Gasteiger partial charge in [-0.2, -0.15) is 0 Å². The van der Waals surface area contributed by atoms with Crippen LogP contribution in [0.2, 0.25) is 18.1 Å². The fourth-order valence-electron chi connectivity index (χ4n) is 1.87. The van der Waals surface area contributed by atoms with Crippen molar-refractivity contribution in [3.8, 4) is 0 Å². The molecule has 0 heterocycles. The van der Waals surface area contributed by atoms with Gasteiger partial charge in [-0.15, -0.1) is 0 Å². The van der Waals surface area contributed by atoms with E-state index in [1.807, 2.05) is 0 Å². The maximum absolute atomic E-state index is 11.8. The van der Waals surface area contributed by atoms with E-state index < -0.39 is 18.2 Å². The first kappa shape index (κ1) is 23.6. The summed E-state index contributed by atoms with van der Waals surface area (Å²) in [6, 6.07) is 0. The average molecular weight is 375 g/mol. The standard InChI is InChI=1S/C19H38O3SSi/c1-7-8-9-11-14-17-23(20,21)18-15-12-10-13-16-22-24(5,6)19(2,3)4/h14-15,17-18H,7-13,16H2,1-6H3/b17-14+,18-15+. The molecule has 0 atom stereocenters. The van der Waals surface area contributed by atoms with Gasteiger partial charge in [0.1, 0.15) is 0 Å². The lowest BCUT2D eigenvalue weighted by Gasteiger charge is -2.36. The van der Waals surface area contributed by atoms with E-state index in [1.54, 1.807) is 12.2 Å². The lowest BCUT2D eigenvalue weighted by Crippen LogP contribution is -2.40. The maximum Gasteiger partial charge on any atom is 0.192 e. The molecule has 5 heteroatoms. The van der Waals surface area contributed by atoms with Gasteiger partial charge in [0, 0.05) is 17.4 Å². The minimum absolute atomic E-state index is 0.241. The Labute approximate surface area is 151 Å². The molecule has 0 aromatic heterocycles. The van der Waals surface area contributed by atoms with Crippen molar-refractivity contribution < 1.29 is 12.8 Å². The van der Waals surface area contributed by atoms with Gasteiger partial charge in [-0.25, -0.2) is 8.42 Å². The zero-order valence-corrected chi connectivity index (χ0v) is 18.4. The van der Waals surface area contributed by atoms with Gasteiger partial charge in [0.25, 0.3) is 0 Å². The zero-order chi connectivity index (χ0) is 18.7. The van der Waals surface area contributed by atoms with E-state index in [9.17, 15) is 8.42 Å². The molecule has 0 N–H and O–H groups in total. The highest BCUT2D eigenvalue weighted by Crippen LogP contribution is 2.36. The molecule has 0 fully saturated rings. The molecule has 142 valence electrons. The van der Waals surface area contributed by atoms with Gasteiger partial charge in [-0.3, -0.25) is 0 Å². The van der Waals surface area contributed by atoms with Crippen molar-refractivity contribution in [3.05, 3.63) is 23.0 Å². The highest BCUT2D eigenvalue weighted by atomic mass is 32.2. The summed E-state index contributed by atoms with van der Waals surface area (Å²) in [6.07, 6.45) is 10.4. The molecule has 3 nitrogen and oxygen atoms in total. The van der Waals surface area contributed by atoms with E-state index in [0.717, 1.165) is 51.6 Å². The number of sulfone groups is 1. The Kier molecular flexibility index (Phi) is 11.1. The summed E-state index contributed by atoms with van der Waals surface area (Å²) < 4.78 is 29.7. The molecule has 0 radical (unpaired) electrons. The second-order valence-electron chi connectivity index (χ2n) is 7.93. The van der Waals surface area contributed by atoms with Crippen molar-refractivity contribution in [2.24, 2.45) is 0 Å². The number of allylic oxidation sites excluding steroid dienone is 2. The number of hydrogen-bond donors (Lipinski definition) is 0. The molecule has 0 spiro atoms. The van der Waals surface area contributed by atoms with Crippen LogP contribution in [0, 0.1) is 0 Å². The molecule has 0 aliphatic heterocycles. The monoisotopic (exact) mass is 374 g/mol. The van der Waals surface area contributed by atoms with E-state index in [1.165, 1.54) is 10.8 Å². The Morgan fingerprint density at radius 1 is 0.917 bits per heavy atom. The second-order valence-corrected chi connectivity index (χ2v) is 14.5. The minimum Gasteiger partial charge on any atom is -0.417 e. The third kappa shape index (κ3) is 11.2. The van der Waals surface area contributed by atoms with E-state index in [2.05, 4.69) is 40.8 Å². The highest BCUT2D eigenvalue weighted by molar-refractivity contribution is 7.97. The zero-order valence-electron chi connectivity index (χ0n) is 16.6. The topological polar surface area (TPSA) is 43.4 Å². The Bertz CT molecular complexity index is 485. The first-order valence-electron chi connectivity index (χ1n) is 9.24. The van der Waals surface area contributed by atoms with Crippen LogP contribution in [0.25, 0.3) is 0 Å². The molecule has 0 amide bonds. The summed E-state index contributed by atoms with van der Waals surface area (Å²) in [6.45, 7) is 14.1. The van der Waals surface area contributed by atoms with Gasteiger partial charge in [0.2, 0.25) is 0 Å².